The van der Waals surface area contributed by atoms with E-state index in [9.17, 15) is 4.79 Å². The van der Waals surface area contributed by atoms with Crippen LogP contribution in [0.25, 0.3) is 22.1 Å². The lowest BCUT2D eigenvalue weighted by Gasteiger charge is -2.05. The third kappa shape index (κ3) is 3.22. The first-order chi connectivity index (χ1) is 12.6. The summed E-state index contributed by atoms with van der Waals surface area (Å²) >= 11 is 6.17. The van der Waals surface area contributed by atoms with Crippen molar-refractivity contribution in [3.05, 3.63) is 89.1 Å². The van der Waals surface area contributed by atoms with Crippen LogP contribution in [0.15, 0.2) is 77.2 Å². The third-order valence-electron chi connectivity index (χ3n) is 4.29. The van der Waals surface area contributed by atoms with Crippen LogP contribution in [0.3, 0.4) is 0 Å². The fraction of sp³-hybridized carbons (Fsp3) is 0.0455. The molecule has 4 rings (SSSR count). The smallest absolute Gasteiger partial charge is 0.291 e. The van der Waals surface area contributed by atoms with Gasteiger partial charge >= 0.3 is 0 Å². The van der Waals surface area contributed by atoms with E-state index in [4.69, 9.17) is 16.0 Å². The number of fused-ring (bicyclic) bond motifs is 1. The minimum Gasteiger partial charge on any atom is -0.451 e. The maximum Gasteiger partial charge on any atom is 0.291 e. The second-order valence-electron chi connectivity index (χ2n) is 6.14. The lowest BCUT2D eigenvalue weighted by atomic mass is 10.1. The van der Waals surface area contributed by atoms with E-state index in [0.717, 1.165) is 27.6 Å². The van der Waals surface area contributed by atoms with Crippen LogP contribution in [0.5, 0.6) is 0 Å². The van der Waals surface area contributed by atoms with Gasteiger partial charge in [0.2, 0.25) is 0 Å². The summed E-state index contributed by atoms with van der Waals surface area (Å²) in [7, 11) is 0. The van der Waals surface area contributed by atoms with E-state index in [0.29, 0.717) is 10.8 Å². The topological polar surface area (TPSA) is 42.2 Å². The number of hydrogen-bond acceptors (Lipinski definition) is 2. The molecule has 0 atom stereocenters. The molecule has 3 nitrogen and oxygen atoms in total. The highest BCUT2D eigenvalue weighted by Crippen LogP contribution is 2.27. The molecule has 128 valence electrons. The highest BCUT2D eigenvalue weighted by molar-refractivity contribution is 6.31. The predicted molar refractivity (Wildman–Crippen MR) is 106 cm³/mol. The second-order valence-corrected chi connectivity index (χ2v) is 6.55. The lowest BCUT2D eigenvalue weighted by Crippen LogP contribution is -2.10. The van der Waals surface area contributed by atoms with Crippen LogP contribution in [0.2, 0.25) is 5.02 Å². The van der Waals surface area contributed by atoms with Gasteiger partial charge in [-0.2, -0.15) is 0 Å². The Labute approximate surface area is 156 Å². The fourth-order valence-electron chi connectivity index (χ4n) is 2.82. The fourth-order valence-corrected chi connectivity index (χ4v) is 3.00. The van der Waals surface area contributed by atoms with E-state index in [2.05, 4.69) is 5.32 Å². The van der Waals surface area contributed by atoms with Gasteiger partial charge in [-0.15, -0.1) is 0 Å². The van der Waals surface area contributed by atoms with Gasteiger partial charge in [-0.05, 0) is 53.6 Å². The number of anilines is 1. The predicted octanol–water partition coefficient (Wildman–Crippen LogP) is 6.31. The van der Waals surface area contributed by atoms with Crippen LogP contribution in [0, 0.1) is 6.92 Å². The molecule has 0 fully saturated rings. The normalized spacial score (nSPS) is 10.8. The van der Waals surface area contributed by atoms with E-state index < -0.39 is 0 Å². The molecule has 0 aliphatic heterocycles. The lowest BCUT2D eigenvalue weighted by molar-refractivity contribution is 0.0997. The number of aryl methyl sites for hydroxylation is 1. The molecular weight excluding hydrogens is 346 g/mol. The van der Waals surface area contributed by atoms with Crippen molar-refractivity contribution in [1.29, 1.82) is 0 Å². The number of hydrogen-bond donors (Lipinski definition) is 1. The molecule has 3 aromatic carbocycles. The summed E-state index contributed by atoms with van der Waals surface area (Å²) in [6, 6.07) is 22.9. The Kier molecular flexibility index (Phi) is 4.23. The SMILES string of the molecule is Cc1ccc(-c2ccc(C(=O)Nc3ccc4ccccc4c3)o2)cc1Cl. The molecule has 1 heterocycles. The number of furan rings is 1. The van der Waals surface area contributed by atoms with Crippen molar-refractivity contribution in [3.8, 4) is 11.3 Å². The number of carbonyl (C=O) groups is 1. The molecule has 0 aliphatic carbocycles. The zero-order valence-electron chi connectivity index (χ0n) is 14.1. The summed E-state index contributed by atoms with van der Waals surface area (Å²) in [4.78, 5) is 12.5. The monoisotopic (exact) mass is 361 g/mol. The average molecular weight is 362 g/mol. The molecule has 0 unspecified atom stereocenters. The molecule has 4 heteroatoms. The van der Waals surface area contributed by atoms with Crippen molar-refractivity contribution in [2.75, 3.05) is 5.32 Å². The Balaban J connectivity index is 1.56. The van der Waals surface area contributed by atoms with Gasteiger partial charge in [-0.25, -0.2) is 0 Å². The molecule has 26 heavy (non-hydrogen) atoms. The maximum absolute atomic E-state index is 12.5. The maximum atomic E-state index is 12.5. The molecular formula is C22H16ClNO2. The van der Waals surface area contributed by atoms with Crippen molar-refractivity contribution >= 4 is 34.0 Å². The molecule has 0 spiro atoms. The molecule has 1 aromatic heterocycles. The molecule has 1 amide bonds. The number of carbonyl (C=O) groups excluding carboxylic acids is 1. The third-order valence-corrected chi connectivity index (χ3v) is 4.70. The summed E-state index contributed by atoms with van der Waals surface area (Å²) < 4.78 is 5.72. The van der Waals surface area contributed by atoms with Crippen molar-refractivity contribution in [2.24, 2.45) is 0 Å². The van der Waals surface area contributed by atoms with Gasteiger partial charge < -0.3 is 9.73 Å². The second kappa shape index (κ2) is 6.70. The quantitative estimate of drug-likeness (QED) is 0.464. The number of benzene rings is 3. The zero-order valence-corrected chi connectivity index (χ0v) is 14.9. The van der Waals surface area contributed by atoms with E-state index >= 15 is 0 Å². The number of amides is 1. The van der Waals surface area contributed by atoms with E-state index in [1.165, 1.54) is 0 Å². The van der Waals surface area contributed by atoms with Crippen molar-refractivity contribution in [1.82, 2.24) is 0 Å². The van der Waals surface area contributed by atoms with Gasteiger partial charge in [0.1, 0.15) is 5.76 Å². The van der Waals surface area contributed by atoms with Gasteiger partial charge in [-0.3, -0.25) is 4.79 Å². The number of halogens is 1. The minimum absolute atomic E-state index is 0.254. The Morgan fingerprint density at radius 1 is 0.923 bits per heavy atom. The van der Waals surface area contributed by atoms with Gasteiger partial charge in [0.15, 0.2) is 5.76 Å². The van der Waals surface area contributed by atoms with E-state index in [1.807, 2.05) is 67.6 Å². The van der Waals surface area contributed by atoms with Gasteiger partial charge in [0.25, 0.3) is 5.91 Å². The highest BCUT2D eigenvalue weighted by Gasteiger charge is 2.13. The van der Waals surface area contributed by atoms with Crippen LogP contribution in [-0.2, 0) is 0 Å². The Hall–Kier alpha value is -3.04. The van der Waals surface area contributed by atoms with Crippen molar-refractivity contribution in [2.45, 2.75) is 6.92 Å². The molecule has 4 aromatic rings. The first kappa shape index (κ1) is 16.4. The van der Waals surface area contributed by atoms with E-state index in [1.54, 1.807) is 12.1 Å². The Morgan fingerprint density at radius 3 is 2.54 bits per heavy atom. The first-order valence-corrected chi connectivity index (χ1v) is 8.64. The van der Waals surface area contributed by atoms with Crippen LogP contribution in [0.1, 0.15) is 16.1 Å². The summed E-state index contributed by atoms with van der Waals surface area (Å²) in [5.74, 6) is 0.574. The number of rotatable bonds is 3. The molecule has 0 bridgehead atoms. The Morgan fingerprint density at radius 2 is 1.73 bits per heavy atom. The van der Waals surface area contributed by atoms with Gasteiger partial charge in [0.05, 0.1) is 0 Å². The van der Waals surface area contributed by atoms with Crippen LogP contribution in [0.4, 0.5) is 5.69 Å². The highest BCUT2D eigenvalue weighted by atomic mass is 35.5. The summed E-state index contributed by atoms with van der Waals surface area (Å²) in [5, 5.41) is 5.74. The summed E-state index contributed by atoms with van der Waals surface area (Å²) in [6.45, 7) is 1.94. The van der Waals surface area contributed by atoms with E-state index in [-0.39, 0.29) is 11.7 Å². The summed E-state index contributed by atoms with van der Waals surface area (Å²) in [6.07, 6.45) is 0. The average Bonchev–Trinajstić information content (AvgIpc) is 3.14. The standard InChI is InChI=1S/C22H16ClNO2/c1-14-6-7-17(13-19(14)23)20-10-11-21(26-20)22(25)24-18-9-8-15-4-2-3-5-16(15)12-18/h2-13H,1H3,(H,24,25). The summed E-state index contributed by atoms with van der Waals surface area (Å²) in [5.41, 5.74) is 2.56. The van der Waals surface area contributed by atoms with Crippen molar-refractivity contribution < 1.29 is 9.21 Å². The Bertz CT molecular complexity index is 1110. The molecule has 1 N–H and O–H groups in total. The first-order valence-electron chi connectivity index (χ1n) is 8.27. The molecule has 0 saturated heterocycles. The van der Waals surface area contributed by atoms with Gasteiger partial charge in [0, 0.05) is 16.3 Å². The van der Waals surface area contributed by atoms with Gasteiger partial charge in [-0.1, -0.05) is 54.1 Å². The zero-order chi connectivity index (χ0) is 18.1. The van der Waals surface area contributed by atoms with Crippen LogP contribution < -0.4 is 5.32 Å². The van der Waals surface area contributed by atoms with Crippen molar-refractivity contribution in [3.63, 3.8) is 0 Å². The molecule has 0 radical (unpaired) electrons. The largest absolute Gasteiger partial charge is 0.451 e. The minimum atomic E-state index is -0.287. The molecule has 0 saturated carbocycles. The van der Waals surface area contributed by atoms with Crippen LogP contribution >= 0.6 is 11.6 Å². The molecule has 0 aliphatic rings. The number of nitrogens with one attached hydrogen (secondary N) is 1. The van der Waals surface area contributed by atoms with Crippen LogP contribution in [-0.4, -0.2) is 5.91 Å².